The zero-order valence-corrected chi connectivity index (χ0v) is 15.2. The van der Waals surface area contributed by atoms with Crippen LogP contribution in [0.5, 0.6) is 0 Å². The van der Waals surface area contributed by atoms with E-state index in [-0.39, 0.29) is 24.4 Å². The van der Waals surface area contributed by atoms with Gasteiger partial charge in [0.25, 0.3) is 5.56 Å². The maximum atomic E-state index is 12.6. The van der Waals surface area contributed by atoms with Crippen molar-refractivity contribution in [1.82, 2.24) is 24.3 Å². The first kappa shape index (κ1) is 17.6. The third-order valence-electron chi connectivity index (χ3n) is 4.48. The Kier molecular flexibility index (Phi) is 4.67. The number of hydrogen-bond donors (Lipinski definition) is 1. The Morgan fingerprint density at radius 2 is 1.96 bits per heavy atom. The van der Waals surface area contributed by atoms with Gasteiger partial charge in [-0.15, -0.1) is 0 Å². The van der Waals surface area contributed by atoms with E-state index in [2.05, 4.69) is 20.4 Å². The second-order valence-corrected chi connectivity index (χ2v) is 6.37. The number of amides is 1. The van der Waals surface area contributed by atoms with Crippen molar-refractivity contribution in [2.24, 2.45) is 0 Å². The molecule has 28 heavy (non-hydrogen) atoms. The lowest BCUT2D eigenvalue weighted by Crippen LogP contribution is -2.24. The van der Waals surface area contributed by atoms with E-state index in [0.29, 0.717) is 22.3 Å². The lowest BCUT2D eigenvalue weighted by Gasteiger charge is -2.11. The molecule has 0 aliphatic carbocycles. The van der Waals surface area contributed by atoms with Crippen LogP contribution in [0.25, 0.3) is 16.6 Å². The summed E-state index contributed by atoms with van der Waals surface area (Å²) in [4.78, 5) is 33.4. The topological polar surface area (TPSA) is 94.7 Å². The number of hydrogen-bond acceptors (Lipinski definition) is 5. The number of nitrogens with one attached hydrogen (secondary N) is 1. The summed E-state index contributed by atoms with van der Waals surface area (Å²) < 4.78 is 3.04. The van der Waals surface area contributed by atoms with E-state index >= 15 is 0 Å². The molecule has 0 fully saturated rings. The predicted octanol–water partition coefficient (Wildman–Crippen LogP) is 2.31. The van der Waals surface area contributed by atoms with Gasteiger partial charge in [-0.05, 0) is 30.7 Å². The first-order valence-corrected chi connectivity index (χ1v) is 8.82. The molecule has 8 heteroatoms. The molecular weight excluding hydrogens is 356 g/mol. The largest absolute Gasteiger partial charge is 0.324 e. The molecule has 0 saturated carbocycles. The number of anilines is 1. The zero-order valence-electron chi connectivity index (χ0n) is 15.2. The van der Waals surface area contributed by atoms with Crippen molar-refractivity contribution in [2.75, 3.05) is 5.32 Å². The number of benzene rings is 2. The van der Waals surface area contributed by atoms with Gasteiger partial charge in [0.05, 0.1) is 28.6 Å². The average Bonchev–Trinajstić information content (AvgIpc) is 3.23. The van der Waals surface area contributed by atoms with Crippen molar-refractivity contribution in [1.29, 1.82) is 0 Å². The molecule has 0 atom stereocenters. The number of carbonyl (C=O) groups is 1. The Balaban J connectivity index is 1.50. The van der Waals surface area contributed by atoms with Gasteiger partial charge in [-0.3, -0.25) is 14.2 Å². The molecular formula is C20H18N6O2. The van der Waals surface area contributed by atoms with Crippen LogP contribution < -0.4 is 10.9 Å². The van der Waals surface area contributed by atoms with E-state index in [1.807, 2.05) is 37.3 Å². The van der Waals surface area contributed by atoms with Crippen LogP contribution in [0.2, 0.25) is 0 Å². The molecule has 0 aliphatic heterocycles. The van der Waals surface area contributed by atoms with E-state index < -0.39 is 0 Å². The van der Waals surface area contributed by atoms with Crippen LogP contribution >= 0.6 is 0 Å². The van der Waals surface area contributed by atoms with E-state index in [1.54, 1.807) is 23.1 Å². The Labute approximate surface area is 160 Å². The Hall–Kier alpha value is -3.81. The lowest BCUT2D eigenvalue weighted by molar-refractivity contribution is -0.116. The number of para-hydroxylation sites is 3. The molecule has 0 unspecified atom stereocenters. The molecule has 2 heterocycles. The number of carbonyl (C=O) groups excluding carboxylic acids is 1. The fourth-order valence-electron chi connectivity index (χ4n) is 3.04. The maximum Gasteiger partial charge on any atom is 0.261 e. The van der Waals surface area contributed by atoms with Gasteiger partial charge in [0.2, 0.25) is 5.91 Å². The van der Waals surface area contributed by atoms with Crippen molar-refractivity contribution in [3.63, 3.8) is 0 Å². The standard InChI is InChI=1S/C20H18N6O2/c1-14-5-4-6-15-19(14)22-13-25(20(15)28)10-9-18(27)24-16-7-2-3-8-17(16)26-12-21-11-23-26/h2-8,11-13H,9-10H2,1H3,(H,24,27). The molecule has 0 radical (unpaired) electrons. The minimum absolute atomic E-state index is 0.143. The molecule has 0 spiro atoms. The average molecular weight is 374 g/mol. The number of nitrogens with zero attached hydrogens (tertiary/aromatic N) is 5. The molecule has 1 amide bonds. The summed E-state index contributed by atoms with van der Waals surface area (Å²) >= 11 is 0. The highest BCUT2D eigenvalue weighted by Gasteiger charge is 2.11. The minimum atomic E-state index is -0.205. The number of fused-ring (bicyclic) bond motifs is 1. The fourth-order valence-corrected chi connectivity index (χ4v) is 3.04. The van der Waals surface area contributed by atoms with Crippen molar-refractivity contribution >= 4 is 22.5 Å². The molecule has 2 aromatic carbocycles. The Bertz CT molecular complexity index is 1200. The maximum absolute atomic E-state index is 12.6. The summed E-state index contributed by atoms with van der Waals surface area (Å²) in [6.45, 7) is 2.16. The van der Waals surface area contributed by atoms with Gasteiger partial charge < -0.3 is 5.32 Å². The van der Waals surface area contributed by atoms with Crippen LogP contribution in [0, 0.1) is 6.92 Å². The minimum Gasteiger partial charge on any atom is -0.324 e. The van der Waals surface area contributed by atoms with Gasteiger partial charge in [-0.1, -0.05) is 24.3 Å². The van der Waals surface area contributed by atoms with Crippen LogP contribution in [0.4, 0.5) is 5.69 Å². The highest BCUT2D eigenvalue weighted by Crippen LogP contribution is 2.19. The second-order valence-electron chi connectivity index (χ2n) is 6.37. The molecule has 0 aliphatic rings. The quantitative estimate of drug-likeness (QED) is 0.578. The smallest absolute Gasteiger partial charge is 0.261 e. The summed E-state index contributed by atoms with van der Waals surface area (Å²) in [5, 5.41) is 7.52. The highest BCUT2D eigenvalue weighted by atomic mass is 16.2. The summed E-state index contributed by atoms with van der Waals surface area (Å²) in [5.41, 5.74) is 2.83. The van der Waals surface area contributed by atoms with Gasteiger partial charge >= 0.3 is 0 Å². The van der Waals surface area contributed by atoms with Crippen LogP contribution in [-0.4, -0.2) is 30.2 Å². The van der Waals surface area contributed by atoms with Crippen molar-refractivity contribution in [2.45, 2.75) is 19.9 Å². The Morgan fingerprint density at radius 3 is 2.79 bits per heavy atom. The van der Waals surface area contributed by atoms with Crippen LogP contribution in [-0.2, 0) is 11.3 Å². The molecule has 1 N–H and O–H groups in total. The van der Waals surface area contributed by atoms with E-state index in [0.717, 1.165) is 5.56 Å². The molecule has 0 bridgehead atoms. The van der Waals surface area contributed by atoms with Gasteiger partial charge in [0.15, 0.2) is 0 Å². The summed E-state index contributed by atoms with van der Waals surface area (Å²) in [5.74, 6) is -0.205. The SMILES string of the molecule is Cc1cccc2c(=O)n(CCC(=O)Nc3ccccc3-n3cncn3)cnc12. The molecule has 0 saturated heterocycles. The molecule has 4 aromatic rings. The van der Waals surface area contributed by atoms with Crippen LogP contribution in [0.1, 0.15) is 12.0 Å². The van der Waals surface area contributed by atoms with Gasteiger partial charge in [0.1, 0.15) is 12.7 Å². The molecule has 4 rings (SSSR count). The van der Waals surface area contributed by atoms with Crippen molar-refractivity contribution in [3.05, 3.63) is 77.4 Å². The van der Waals surface area contributed by atoms with Crippen molar-refractivity contribution < 1.29 is 4.79 Å². The number of aryl methyl sites for hydroxylation is 2. The highest BCUT2D eigenvalue weighted by molar-refractivity contribution is 5.92. The van der Waals surface area contributed by atoms with E-state index in [9.17, 15) is 9.59 Å². The monoisotopic (exact) mass is 374 g/mol. The first-order valence-electron chi connectivity index (χ1n) is 8.82. The third-order valence-corrected chi connectivity index (χ3v) is 4.48. The zero-order chi connectivity index (χ0) is 19.5. The molecule has 2 aromatic heterocycles. The predicted molar refractivity (Wildman–Crippen MR) is 105 cm³/mol. The molecule has 8 nitrogen and oxygen atoms in total. The van der Waals surface area contributed by atoms with Crippen LogP contribution in [0.3, 0.4) is 0 Å². The van der Waals surface area contributed by atoms with Crippen molar-refractivity contribution in [3.8, 4) is 5.69 Å². The van der Waals surface area contributed by atoms with E-state index in [4.69, 9.17) is 0 Å². The normalized spacial score (nSPS) is 10.9. The fraction of sp³-hybridized carbons (Fsp3) is 0.150. The second kappa shape index (κ2) is 7.43. The number of aromatic nitrogens is 5. The molecule has 140 valence electrons. The number of rotatable bonds is 5. The summed E-state index contributed by atoms with van der Waals surface area (Å²) in [6.07, 6.45) is 4.63. The first-order chi connectivity index (χ1) is 13.6. The van der Waals surface area contributed by atoms with Gasteiger partial charge in [-0.2, -0.15) is 5.10 Å². The third kappa shape index (κ3) is 3.39. The lowest BCUT2D eigenvalue weighted by atomic mass is 10.1. The van der Waals surface area contributed by atoms with E-state index in [1.165, 1.54) is 17.2 Å². The van der Waals surface area contributed by atoms with Gasteiger partial charge in [-0.25, -0.2) is 14.6 Å². The summed E-state index contributed by atoms with van der Waals surface area (Å²) in [6, 6.07) is 12.8. The Morgan fingerprint density at radius 1 is 1.11 bits per heavy atom. The van der Waals surface area contributed by atoms with Gasteiger partial charge in [0, 0.05) is 13.0 Å². The van der Waals surface area contributed by atoms with Crippen LogP contribution in [0.15, 0.2) is 66.2 Å². The summed E-state index contributed by atoms with van der Waals surface area (Å²) in [7, 11) is 0.